The van der Waals surface area contributed by atoms with Gasteiger partial charge in [0.1, 0.15) is 18.1 Å². The van der Waals surface area contributed by atoms with Gasteiger partial charge in [0.2, 0.25) is 0 Å². The molecule has 0 bridgehead atoms. The molecule has 112 valence electrons. The second-order valence-electron chi connectivity index (χ2n) is 4.99. The van der Waals surface area contributed by atoms with E-state index in [1.165, 1.54) is 0 Å². The van der Waals surface area contributed by atoms with Crippen LogP contribution in [0.2, 0.25) is 0 Å². The lowest BCUT2D eigenvalue weighted by molar-refractivity contribution is -0.134. The van der Waals surface area contributed by atoms with Gasteiger partial charge >= 0.3 is 0 Å². The van der Waals surface area contributed by atoms with Crippen molar-refractivity contribution in [1.82, 2.24) is 5.32 Å². The van der Waals surface area contributed by atoms with Crippen LogP contribution in [0.4, 0.5) is 0 Å². The van der Waals surface area contributed by atoms with Gasteiger partial charge in [-0.3, -0.25) is 9.59 Å². The number of carbonyl (C=O) groups is 2. The second kappa shape index (κ2) is 5.89. The molecule has 2 N–H and O–H groups in total. The molecule has 5 nitrogen and oxygen atoms in total. The maximum Gasteiger partial charge on any atom is 0.296 e. The number of rotatable bonds is 3. The summed E-state index contributed by atoms with van der Waals surface area (Å²) in [5, 5.41) is 12.2. The average molecular weight is 297 g/mol. The van der Waals surface area contributed by atoms with E-state index in [1.807, 2.05) is 6.07 Å². The van der Waals surface area contributed by atoms with Crippen molar-refractivity contribution in [3.63, 3.8) is 0 Å². The molecule has 3 rings (SSSR count). The Hall–Kier alpha value is -2.82. The van der Waals surface area contributed by atoms with Crippen LogP contribution in [0.5, 0.6) is 5.75 Å². The lowest BCUT2D eigenvalue weighted by Crippen LogP contribution is -2.32. The highest BCUT2D eigenvalue weighted by Gasteiger charge is 2.26. The standard InChI is InChI=1S/C17H15NO4/c19-14-7-3-2-6-13(14)18-17(21)16(20)12-9-10-22-15-8-4-1-5-11(12)15/h1,4-9,19H,2-3,10H2,(H,18,21). The number of aliphatic hydroxyl groups is 1. The minimum absolute atomic E-state index is 0.00578. The van der Waals surface area contributed by atoms with Crippen LogP contribution in [0.1, 0.15) is 18.4 Å². The van der Waals surface area contributed by atoms with Gasteiger partial charge in [-0.25, -0.2) is 0 Å². The molecular formula is C17H15NO4. The number of para-hydroxylation sites is 1. The van der Waals surface area contributed by atoms with Crippen molar-refractivity contribution in [1.29, 1.82) is 0 Å². The van der Waals surface area contributed by atoms with Crippen molar-refractivity contribution in [2.75, 3.05) is 6.61 Å². The van der Waals surface area contributed by atoms with E-state index < -0.39 is 11.7 Å². The number of benzene rings is 1. The number of Topliss-reactive ketones (excluding diaryl/α,β-unsaturated/α-hetero) is 1. The quantitative estimate of drug-likeness (QED) is 0.839. The Labute approximate surface area is 127 Å². The maximum absolute atomic E-state index is 12.4. The van der Waals surface area contributed by atoms with E-state index in [-0.39, 0.29) is 18.1 Å². The van der Waals surface area contributed by atoms with Crippen LogP contribution in [-0.2, 0) is 9.59 Å². The van der Waals surface area contributed by atoms with Gasteiger partial charge in [-0.1, -0.05) is 24.3 Å². The molecule has 1 aromatic rings. The Bertz CT molecular complexity index is 728. The van der Waals surface area contributed by atoms with E-state index >= 15 is 0 Å². The highest BCUT2D eigenvalue weighted by Crippen LogP contribution is 2.30. The number of nitrogens with one attached hydrogen (secondary N) is 1. The molecule has 2 aliphatic rings. The Morgan fingerprint density at radius 1 is 1.09 bits per heavy atom. The molecule has 0 aromatic heterocycles. The Morgan fingerprint density at radius 3 is 2.68 bits per heavy atom. The van der Waals surface area contributed by atoms with Crippen LogP contribution >= 0.6 is 0 Å². The Balaban J connectivity index is 1.80. The molecule has 0 saturated heterocycles. The minimum atomic E-state index is -0.768. The van der Waals surface area contributed by atoms with E-state index in [2.05, 4.69) is 5.32 Å². The molecule has 1 amide bonds. The Morgan fingerprint density at radius 2 is 1.86 bits per heavy atom. The summed E-state index contributed by atoms with van der Waals surface area (Å²) >= 11 is 0. The fourth-order valence-corrected chi connectivity index (χ4v) is 2.43. The molecule has 5 heteroatoms. The average Bonchev–Trinajstić information content (AvgIpc) is 2.55. The molecule has 1 heterocycles. The summed E-state index contributed by atoms with van der Waals surface area (Å²) in [5.74, 6) is -0.833. The monoisotopic (exact) mass is 297 g/mol. The molecule has 22 heavy (non-hydrogen) atoms. The zero-order valence-corrected chi connectivity index (χ0v) is 11.8. The van der Waals surface area contributed by atoms with Crippen LogP contribution in [-0.4, -0.2) is 23.4 Å². The molecule has 1 aliphatic carbocycles. The number of amides is 1. The first-order valence-electron chi connectivity index (χ1n) is 7.04. The third-order valence-corrected chi connectivity index (χ3v) is 3.53. The number of carbonyl (C=O) groups excluding carboxylic acids is 2. The predicted octanol–water partition coefficient (Wildman–Crippen LogP) is 2.27. The number of hydrogen-bond acceptors (Lipinski definition) is 4. The fourth-order valence-electron chi connectivity index (χ4n) is 2.43. The number of aliphatic hydroxyl groups excluding tert-OH is 1. The lowest BCUT2D eigenvalue weighted by atomic mass is 9.98. The van der Waals surface area contributed by atoms with Gasteiger partial charge in [-0.05, 0) is 31.1 Å². The molecule has 1 aromatic carbocycles. The van der Waals surface area contributed by atoms with Crippen molar-refractivity contribution in [2.45, 2.75) is 12.8 Å². The number of allylic oxidation sites excluding steroid dienone is 2. The smallest absolute Gasteiger partial charge is 0.296 e. The topological polar surface area (TPSA) is 75.6 Å². The van der Waals surface area contributed by atoms with Gasteiger partial charge < -0.3 is 15.2 Å². The highest BCUT2D eigenvalue weighted by molar-refractivity contribution is 6.53. The molecule has 1 aliphatic heterocycles. The maximum atomic E-state index is 12.4. The molecule has 0 spiro atoms. The molecular weight excluding hydrogens is 282 g/mol. The summed E-state index contributed by atoms with van der Waals surface area (Å²) in [6, 6.07) is 7.08. The van der Waals surface area contributed by atoms with Crippen molar-refractivity contribution in [3.8, 4) is 5.75 Å². The van der Waals surface area contributed by atoms with Crippen molar-refractivity contribution in [2.24, 2.45) is 0 Å². The normalized spacial score (nSPS) is 16.5. The molecule has 0 radical (unpaired) electrons. The summed E-state index contributed by atoms with van der Waals surface area (Å²) in [6.45, 7) is 0.249. The minimum Gasteiger partial charge on any atom is -0.506 e. The van der Waals surface area contributed by atoms with Gasteiger partial charge in [0, 0.05) is 11.1 Å². The number of ether oxygens (including phenoxy) is 1. The number of ketones is 1. The molecule has 0 atom stereocenters. The van der Waals surface area contributed by atoms with Crippen LogP contribution in [0.15, 0.2) is 53.9 Å². The van der Waals surface area contributed by atoms with Crippen LogP contribution < -0.4 is 10.1 Å². The molecule has 0 saturated carbocycles. The van der Waals surface area contributed by atoms with Gasteiger partial charge in [-0.2, -0.15) is 0 Å². The SMILES string of the molecule is O=C(NC1=CCCC=C1O)C(=O)C1=CCOc2ccccc21. The van der Waals surface area contributed by atoms with E-state index in [4.69, 9.17) is 4.74 Å². The number of fused-ring (bicyclic) bond motifs is 1. The zero-order valence-electron chi connectivity index (χ0n) is 11.8. The molecule has 0 unspecified atom stereocenters. The van der Waals surface area contributed by atoms with Gasteiger partial charge in [0.15, 0.2) is 0 Å². The summed E-state index contributed by atoms with van der Waals surface area (Å²) in [5.41, 5.74) is 1.20. The van der Waals surface area contributed by atoms with Crippen molar-refractivity contribution >= 4 is 17.3 Å². The van der Waals surface area contributed by atoms with Gasteiger partial charge in [0.05, 0.1) is 5.70 Å². The van der Waals surface area contributed by atoms with Crippen LogP contribution in [0.25, 0.3) is 5.57 Å². The molecule has 0 fully saturated rings. The van der Waals surface area contributed by atoms with Crippen LogP contribution in [0, 0.1) is 0 Å². The third-order valence-electron chi connectivity index (χ3n) is 3.53. The first-order valence-corrected chi connectivity index (χ1v) is 7.04. The lowest BCUT2D eigenvalue weighted by Gasteiger charge is -2.18. The van der Waals surface area contributed by atoms with Gasteiger partial charge in [-0.15, -0.1) is 0 Å². The summed E-state index contributed by atoms with van der Waals surface area (Å²) < 4.78 is 5.43. The Kier molecular flexibility index (Phi) is 3.78. The van der Waals surface area contributed by atoms with Crippen molar-refractivity contribution < 1.29 is 19.4 Å². The second-order valence-corrected chi connectivity index (χ2v) is 4.99. The summed E-state index contributed by atoms with van der Waals surface area (Å²) in [7, 11) is 0. The first-order chi connectivity index (χ1) is 10.7. The third kappa shape index (κ3) is 2.65. The van der Waals surface area contributed by atoms with E-state index in [0.29, 0.717) is 23.3 Å². The van der Waals surface area contributed by atoms with E-state index in [0.717, 1.165) is 6.42 Å². The first kappa shape index (κ1) is 14.1. The number of hydrogen-bond donors (Lipinski definition) is 2. The van der Waals surface area contributed by atoms with E-state index in [9.17, 15) is 14.7 Å². The summed E-state index contributed by atoms with van der Waals surface area (Å²) in [4.78, 5) is 24.5. The van der Waals surface area contributed by atoms with E-state index in [1.54, 1.807) is 36.4 Å². The predicted molar refractivity (Wildman–Crippen MR) is 81.1 cm³/mol. The fraction of sp³-hybridized carbons (Fsp3) is 0.176. The summed E-state index contributed by atoms with van der Waals surface area (Å²) in [6.07, 6.45) is 6.34. The van der Waals surface area contributed by atoms with Crippen LogP contribution in [0.3, 0.4) is 0 Å². The van der Waals surface area contributed by atoms with Crippen molar-refractivity contribution in [3.05, 3.63) is 59.5 Å². The largest absolute Gasteiger partial charge is 0.506 e. The van der Waals surface area contributed by atoms with Gasteiger partial charge in [0.25, 0.3) is 11.7 Å². The zero-order chi connectivity index (χ0) is 15.5. The highest BCUT2D eigenvalue weighted by atomic mass is 16.5.